The molecule has 0 bridgehead atoms. The first kappa shape index (κ1) is 10.6. The lowest BCUT2D eigenvalue weighted by Gasteiger charge is -2.07. The summed E-state index contributed by atoms with van der Waals surface area (Å²) in [4.78, 5) is 18.9. The van der Waals surface area contributed by atoms with Crippen LogP contribution >= 0.6 is 0 Å². The minimum Gasteiger partial charge on any atom is -0.322 e. The van der Waals surface area contributed by atoms with E-state index in [1.807, 2.05) is 13.8 Å². The number of carbonyl (C=O) groups is 1. The molecule has 76 valence electrons. The molecule has 0 radical (unpaired) electrons. The zero-order valence-corrected chi connectivity index (χ0v) is 8.32. The molecule has 0 aliphatic rings. The summed E-state index contributed by atoms with van der Waals surface area (Å²) in [6.45, 7) is 4.27. The van der Waals surface area contributed by atoms with E-state index in [0.29, 0.717) is 18.3 Å². The second-order valence-corrected chi connectivity index (χ2v) is 3.21. The largest absolute Gasteiger partial charge is 0.322 e. The molecule has 0 saturated heterocycles. The predicted octanol–water partition coefficient (Wildman–Crippen LogP) is 0.413. The van der Waals surface area contributed by atoms with E-state index < -0.39 is 0 Å². The summed E-state index contributed by atoms with van der Waals surface area (Å²) in [6.07, 6.45) is 4.53. The lowest BCUT2D eigenvalue weighted by molar-refractivity contribution is -0.115. The number of hydrogen-bond acceptors (Lipinski definition) is 4. The monoisotopic (exact) mass is 194 g/mol. The summed E-state index contributed by atoms with van der Waals surface area (Å²) in [5.74, 6) is -0.0894. The van der Waals surface area contributed by atoms with Gasteiger partial charge >= 0.3 is 0 Å². The van der Waals surface area contributed by atoms with Gasteiger partial charge in [-0.15, -0.1) is 0 Å². The highest BCUT2D eigenvalue weighted by molar-refractivity contribution is 5.91. The SMILES string of the molecule is CC(C)NCC(=O)Nc1cncnc1. The van der Waals surface area contributed by atoms with Crippen LogP contribution in [-0.2, 0) is 4.79 Å². The van der Waals surface area contributed by atoms with Crippen LogP contribution in [0.15, 0.2) is 18.7 Å². The van der Waals surface area contributed by atoms with E-state index in [1.54, 1.807) is 12.4 Å². The number of hydrogen-bond donors (Lipinski definition) is 2. The van der Waals surface area contributed by atoms with Crippen LogP contribution < -0.4 is 10.6 Å². The third-order valence-corrected chi connectivity index (χ3v) is 1.52. The Morgan fingerprint density at radius 2 is 2.07 bits per heavy atom. The number of rotatable bonds is 4. The fourth-order valence-electron chi connectivity index (χ4n) is 0.866. The number of nitrogens with zero attached hydrogens (tertiary/aromatic N) is 2. The van der Waals surface area contributed by atoms with Gasteiger partial charge in [0.05, 0.1) is 24.6 Å². The molecule has 0 unspecified atom stereocenters. The summed E-state index contributed by atoms with van der Waals surface area (Å²) in [6, 6.07) is 0.299. The molecule has 0 fully saturated rings. The lowest BCUT2D eigenvalue weighted by atomic mass is 10.4. The number of carbonyl (C=O) groups excluding carboxylic acids is 1. The van der Waals surface area contributed by atoms with E-state index in [9.17, 15) is 4.79 Å². The highest BCUT2D eigenvalue weighted by Crippen LogP contribution is 1.98. The average molecular weight is 194 g/mol. The smallest absolute Gasteiger partial charge is 0.238 e. The molecule has 1 aromatic rings. The normalized spacial score (nSPS) is 10.2. The van der Waals surface area contributed by atoms with Crippen molar-refractivity contribution in [1.29, 1.82) is 0 Å². The molecule has 2 N–H and O–H groups in total. The fourth-order valence-corrected chi connectivity index (χ4v) is 0.866. The number of nitrogens with one attached hydrogen (secondary N) is 2. The summed E-state index contributed by atoms with van der Waals surface area (Å²) < 4.78 is 0. The number of aromatic nitrogens is 2. The molecule has 0 aliphatic heterocycles. The van der Waals surface area contributed by atoms with Gasteiger partial charge in [0.25, 0.3) is 0 Å². The molecule has 0 aliphatic carbocycles. The molecule has 1 aromatic heterocycles. The van der Waals surface area contributed by atoms with E-state index in [4.69, 9.17) is 0 Å². The molecule has 1 heterocycles. The molecule has 5 heteroatoms. The van der Waals surface area contributed by atoms with E-state index in [0.717, 1.165) is 0 Å². The van der Waals surface area contributed by atoms with Crippen molar-refractivity contribution < 1.29 is 4.79 Å². The van der Waals surface area contributed by atoms with Gasteiger partial charge in [-0.1, -0.05) is 13.8 Å². The maximum absolute atomic E-state index is 11.3. The molecule has 1 amide bonds. The van der Waals surface area contributed by atoms with Gasteiger partial charge in [0.1, 0.15) is 6.33 Å². The summed E-state index contributed by atoms with van der Waals surface area (Å²) in [5.41, 5.74) is 0.614. The van der Waals surface area contributed by atoms with Crippen molar-refractivity contribution in [2.45, 2.75) is 19.9 Å². The summed E-state index contributed by atoms with van der Waals surface area (Å²) in [5, 5.41) is 5.68. The van der Waals surface area contributed by atoms with Crippen molar-refractivity contribution in [3.8, 4) is 0 Å². The van der Waals surface area contributed by atoms with Gasteiger partial charge in [0.2, 0.25) is 5.91 Å². The number of amides is 1. The lowest BCUT2D eigenvalue weighted by Crippen LogP contribution is -2.32. The molecule has 5 nitrogen and oxygen atoms in total. The second kappa shape index (κ2) is 5.29. The van der Waals surface area contributed by atoms with Gasteiger partial charge in [-0.25, -0.2) is 9.97 Å². The Balaban J connectivity index is 2.35. The van der Waals surface area contributed by atoms with Crippen molar-refractivity contribution in [2.75, 3.05) is 11.9 Å². The van der Waals surface area contributed by atoms with E-state index in [-0.39, 0.29) is 5.91 Å². The van der Waals surface area contributed by atoms with Crippen LogP contribution in [0.2, 0.25) is 0 Å². The van der Waals surface area contributed by atoms with E-state index in [2.05, 4.69) is 20.6 Å². The minimum atomic E-state index is -0.0894. The van der Waals surface area contributed by atoms with Crippen molar-refractivity contribution >= 4 is 11.6 Å². The van der Waals surface area contributed by atoms with Crippen LogP contribution in [-0.4, -0.2) is 28.5 Å². The first-order valence-corrected chi connectivity index (χ1v) is 4.46. The van der Waals surface area contributed by atoms with Crippen molar-refractivity contribution in [3.05, 3.63) is 18.7 Å². The highest BCUT2D eigenvalue weighted by atomic mass is 16.1. The maximum atomic E-state index is 11.3. The third kappa shape index (κ3) is 3.95. The van der Waals surface area contributed by atoms with Crippen LogP contribution in [0.4, 0.5) is 5.69 Å². The quantitative estimate of drug-likeness (QED) is 0.728. The molecular formula is C9H14N4O. The predicted molar refractivity (Wildman–Crippen MR) is 53.8 cm³/mol. The van der Waals surface area contributed by atoms with Gasteiger partial charge < -0.3 is 10.6 Å². The molecule has 0 atom stereocenters. The Kier molecular flexibility index (Phi) is 4.00. The van der Waals surface area contributed by atoms with Gasteiger partial charge in [0, 0.05) is 6.04 Å². The Morgan fingerprint density at radius 3 is 2.64 bits per heavy atom. The molecule has 0 aromatic carbocycles. The van der Waals surface area contributed by atoms with Gasteiger partial charge in [-0.2, -0.15) is 0 Å². The fraction of sp³-hybridized carbons (Fsp3) is 0.444. The number of anilines is 1. The molecule has 0 spiro atoms. The first-order valence-electron chi connectivity index (χ1n) is 4.46. The van der Waals surface area contributed by atoms with Crippen LogP contribution in [0.1, 0.15) is 13.8 Å². The Morgan fingerprint density at radius 1 is 1.43 bits per heavy atom. The summed E-state index contributed by atoms with van der Waals surface area (Å²) >= 11 is 0. The Bertz CT molecular complexity index is 286. The molecular weight excluding hydrogens is 180 g/mol. The van der Waals surface area contributed by atoms with Crippen LogP contribution in [0.5, 0.6) is 0 Å². The highest BCUT2D eigenvalue weighted by Gasteiger charge is 2.02. The average Bonchev–Trinajstić information content (AvgIpc) is 2.16. The summed E-state index contributed by atoms with van der Waals surface area (Å²) in [7, 11) is 0. The zero-order valence-electron chi connectivity index (χ0n) is 8.32. The van der Waals surface area contributed by atoms with Crippen molar-refractivity contribution in [2.24, 2.45) is 0 Å². The van der Waals surface area contributed by atoms with Crippen LogP contribution in [0, 0.1) is 0 Å². The van der Waals surface area contributed by atoms with Gasteiger partial charge in [0.15, 0.2) is 0 Å². The van der Waals surface area contributed by atoms with E-state index >= 15 is 0 Å². The topological polar surface area (TPSA) is 66.9 Å². The zero-order chi connectivity index (χ0) is 10.4. The first-order chi connectivity index (χ1) is 6.68. The maximum Gasteiger partial charge on any atom is 0.238 e. The second-order valence-electron chi connectivity index (χ2n) is 3.21. The third-order valence-electron chi connectivity index (χ3n) is 1.52. The molecule has 0 saturated carbocycles. The van der Waals surface area contributed by atoms with Crippen molar-refractivity contribution in [1.82, 2.24) is 15.3 Å². The van der Waals surface area contributed by atoms with Gasteiger partial charge in [-0.3, -0.25) is 4.79 Å². The Labute approximate surface area is 83.0 Å². The van der Waals surface area contributed by atoms with Crippen LogP contribution in [0.25, 0.3) is 0 Å². The minimum absolute atomic E-state index is 0.0894. The molecule has 14 heavy (non-hydrogen) atoms. The molecule has 1 rings (SSSR count). The van der Waals surface area contributed by atoms with E-state index in [1.165, 1.54) is 6.33 Å². The Hall–Kier alpha value is -1.49. The van der Waals surface area contributed by atoms with Crippen LogP contribution in [0.3, 0.4) is 0 Å². The standard InChI is InChI=1S/C9H14N4O/c1-7(2)12-5-9(14)13-8-3-10-6-11-4-8/h3-4,6-7,12H,5H2,1-2H3,(H,13,14). The van der Waals surface area contributed by atoms with Gasteiger partial charge in [-0.05, 0) is 0 Å². The van der Waals surface area contributed by atoms with Crippen molar-refractivity contribution in [3.63, 3.8) is 0 Å².